The third kappa shape index (κ3) is 8.66. The van der Waals surface area contributed by atoms with E-state index in [0.717, 1.165) is 19.3 Å². The van der Waals surface area contributed by atoms with Crippen LogP contribution >= 0.6 is 0 Å². The number of carboxylic acids is 1. The van der Waals surface area contributed by atoms with Gasteiger partial charge in [-0.2, -0.15) is 0 Å². The minimum Gasteiger partial charge on any atom is -0.491 e. The zero-order valence-electron chi connectivity index (χ0n) is 18.7. The second kappa shape index (κ2) is 12.1. The van der Waals surface area contributed by atoms with Crippen molar-refractivity contribution in [1.82, 2.24) is 5.32 Å². The molecule has 178 valence electrons. The number of rotatable bonds is 10. The van der Waals surface area contributed by atoms with Crippen molar-refractivity contribution in [1.29, 1.82) is 0 Å². The molecule has 2 rings (SSSR count). The fourth-order valence-corrected chi connectivity index (χ4v) is 3.18. The van der Waals surface area contributed by atoms with Crippen LogP contribution in [0.2, 0.25) is 0 Å². The van der Waals surface area contributed by atoms with E-state index in [0.29, 0.717) is 12.2 Å². The van der Waals surface area contributed by atoms with Crippen LogP contribution in [0.4, 0.5) is 4.79 Å². The number of aliphatic carboxylic acids is 1. The molecular formula is C21H32BNO9. The second-order valence-electron chi connectivity index (χ2n) is 8.47. The molecular weight excluding hydrogens is 421 g/mol. The van der Waals surface area contributed by atoms with Crippen LogP contribution in [0.25, 0.3) is 0 Å². The predicted molar refractivity (Wildman–Crippen MR) is 116 cm³/mol. The molecule has 1 heterocycles. The van der Waals surface area contributed by atoms with Crippen LogP contribution in [-0.2, 0) is 25.4 Å². The number of hydrogen-bond acceptors (Lipinski definition) is 8. The van der Waals surface area contributed by atoms with E-state index < -0.39 is 30.8 Å². The molecule has 32 heavy (non-hydrogen) atoms. The van der Waals surface area contributed by atoms with Crippen molar-refractivity contribution in [3.63, 3.8) is 0 Å². The first-order valence-electron chi connectivity index (χ1n) is 10.6. The minimum atomic E-state index is -1.82. The van der Waals surface area contributed by atoms with Crippen molar-refractivity contribution in [2.45, 2.75) is 64.4 Å². The monoisotopic (exact) mass is 453 g/mol. The van der Waals surface area contributed by atoms with Gasteiger partial charge in [0.15, 0.2) is 6.29 Å². The quantitative estimate of drug-likeness (QED) is 0.299. The van der Waals surface area contributed by atoms with E-state index >= 15 is 0 Å². The molecule has 11 heteroatoms. The Kier molecular flexibility index (Phi) is 9.76. The topological polar surface area (TPSA) is 144 Å². The molecule has 10 nitrogen and oxygen atoms in total. The summed E-state index contributed by atoms with van der Waals surface area (Å²) >= 11 is 0. The van der Waals surface area contributed by atoms with Crippen LogP contribution in [-0.4, -0.2) is 72.1 Å². The highest BCUT2D eigenvalue weighted by Gasteiger charge is 2.27. The minimum absolute atomic E-state index is 0.0813. The van der Waals surface area contributed by atoms with Gasteiger partial charge < -0.3 is 39.4 Å². The van der Waals surface area contributed by atoms with Crippen molar-refractivity contribution < 1.29 is 43.7 Å². The lowest BCUT2D eigenvalue weighted by atomic mass is 9.78. The average Bonchev–Trinajstić information content (AvgIpc) is 2.70. The number of carbonyl (C=O) groups excluding carboxylic acids is 1. The Morgan fingerprint density at radius 1 is 1.25 bits per heavy atom. The van der Waals surface area contributed by atoms with Crippen molar-refractivity contribution >= 4 is 24.6 Å². The van der Waals surface area contributed by atoms with Gasteiger partial charge in [-0.3, -0.25) is 0 Å². The summed E-state index contributed by atoms with van der Waals surface area (Å²) in [5.41, 5.74) is -0.324. The van der Waals surface area contributed by atoms with Crippen LogP contribution in [0.1, 0.15) is 45.6 Å². The fourth-order valence-electron chi connectivity index (χ4n) is 3.18. The zero-order chi connectivity index (χ0) is 23.7. The summed E-state index contributed by atoms with van der Waals surface area (Å²) in [5, 5.41) is 31.3. The Morgan fingerprint density at radius 3 is 2.59 bits per heavy atom. The first kappa shape index (κ1) is 25.9. The van der Waals surface area contributed by atoms with Crippen LogP contribution in [0.15, 0.2) is 18.2 Å². The van der Waals surface area contributed by atoms with Crippen LogP contribution in [0.5, 0.6) is 5.75 Å². The van der Waals surface area contributed by atoms with Gasteiger partial charge in [-0.25, -0.2) is 9.59 Å². The highest BCUT2D eigenvalue weighted by atomic mass is 16.7. The van der Waals surface area contributed by atoms with Gasteiger partial charge >= 0.3 is 19.2 Å². The summed E-state index contributed by atoms with van der Waals surface area (Å²) in [7, 11) is -1.82. The number of alkyl carbamates (subject to hydrolysis) is 1. The Bertz CT molecular complexity index is 760. The summed E-state index contributed by atoms with van der Waals surface area (Å²) in [5.74, 6) is -1.14. The Labute approximate surface area is 188 Å². The molecule has 1 fully saturated rings. The molecule has 2 atom stereocenters. The number of amides is 1. The standard InChI is InChI=1S/C21H32BNO9/c1-21(2,3)32-20(26)23-16(19(24)25)13-14-7-6-8-15(22(27)28)18(14)31-12-11-30-17-9-4-5-10-29-17/h6-8,16-17,27-28H,4-5,9-13H2,1-3H3,(H,23,26)(H,24,25)/t16-,17?/m1/s1. The molecule has 0 aromatic heterocycles. The van der Waals surface area contributed by atoms with Gasteiger partial charge in [0.2, 0.25) is 0 Å². The SMILES string of the molecule is CC(C)(C)OC(=O)N[C@H](Cc1cccc(B(O)O)c1OCCOC1CCCCO1)C(=O)O. The molecule has 0 bridgehead atoms. The molecule has 0 radical (unpaired) electrons. The second-order valence-corrected chi connectivity index (χ2v) is 8.47. The number of hydrogen-bond donors (Lipinski definition) is 4. The normalized spacial score (nSPS) is 17.3. The van der Waals surface area contributed by atoms with Gasteiger partial charge in [-0.1, -0.05) is 18.2 Å². The molecule has 0 spiro atoms. The average molecular weight is 453 g/mol. The van der Waals surface area contributed by atoms with Crippen molar-refractivity contribution in [3.05, 3.63) is 23.8 Å². The van der Waals surface area contributed by atoms with Gasteiger partial charge in [0, 0.05) is 18.5 Å². The molecule has 1 aromatic carbocycles. The lowest BCUT2D eigenvalue weighted by Crippen LogP contribution is -2.45. The van der Waals surface area contributed by atoms with Crippen molar-refractivity contribution in [2.75, 3.05) is 19.8 Å². The molecule has 4 N–H and O–H groups in total. The maximum absolute atomic E-state index is 12.0. The van der Waals surface area contributed by atoms with Crippen LogP contribution in [0.3, 0.4) is 0 Å². The molecule has 0 saturated carbocycles. The smallest absolute Gasteiger partial charge is 0.491 e. The highest BCUT2D eigenvalue weighted by molar-refractivity contribution is 6.59. The first-order chi connectivity index (χ1) is 15.1. The Hall–Kier alpha value is -2.34. The van der Waals surface area contributed by atoms with E-state index in [1.54, 1.807) is 32.9 Å². The van der Waals surface area contributed by atoms with Gasteiger partial charge in [0.05, 0.1) is 6.61 Å². The van der Waals surface area contributed by atoms with Gasteiger partial charge in [0.1, 0.15) is 24.0 Å². The van der Waals surface area contributed by atoms with Crippen LogP contribution in [0, 0.1) is 0 Å². The van der Waals surface area contributed by atoms with E-state index in [-0.39, 0.29) is 37.1 Å². The molecule has 1 unspecified atom stereocenters. The van der Waals surface area contributed by atoms with Gasteiger partial charge in [0.25, 0.3) is 0 Å². The number of para-hydroxylation sites is 1. The first-order valence-corrected chi connectivity index (χ1v) is 10.6. The maximum Gasteiger partial charge on any atom is 0.492 e. The number of benzene rings is 1. The largest absolute Gasteiger partial charge is 0.492 e. The molecule has 1 amide bonds. The fraction of sp³-hybridized carbons (Fsp3) is 0.619. The molecule has 0 aliphatic carbocycles. The summed E-state index contributed by atoms with van der Waals surface area (Å²) in [6, 6.07) is 3.30. The summed E-state index contributed by atoms with van der Waals surface area (Å²) < 4.78 is 22.0. The van der Waals surface area contributed by atoms with E-state index in [2.05, 4.69) is 5.32 Å². The van der Waals surface area contributed by atoms with Crippen LogP contribution < -0.4 is 15.5 Å². The molecule has 1 saturated heterocycles. The van der Waals surface area contributed by atoms with E-state index in [4.69, 9.17) is 18.9 Å². The summed E-state index contributed by atoms with van der Waals surface area (Å²) in [6.07, 6.45) is 1.51. The number of carbonyl (C=O) groups is 2. The van der Waals surface area contributed by atoms with E-state index in [1.807, 2.05) is 0 Å². The van der Waals surface area contributed by atoms with E-state index in [1.165, 1.54) is 6.07 Å². The van der Waals surface area contributed by atoms with Gasteiger partial charge in [-0.05, 0) is 45.6 Å². The predicted octanol–water partition coefficient (Wildman–Crippen LogP) is 0.809. The molecule has 1 aromatic rings. The van der Waals surface area contributed by atoms with Crippen molar-refractivity contribution in [3.8, 4) is 5.75 Å². The third-order valence-electron chi connectivity index (χ3n) is 4.59. The Balaban J connectivity index is 2.08. The summed E-state index contributed by atoms with van der Waals surface area (Å²) in [4.78, 5) is 23.8. The van der Waals surface area contributed by atoms with Gasteiger partial charge in [-0.15, -0.1) is 0 Å². The Morgan fingerprint density at radius 2 is 2.00 bits per heavy atom. The molecule has 1 aliphatic heterocycles. The summed E-state index contributed by atoms with van der Waals surface area (Å²) in [6.45, 7) is 5.95. The third-order valence-corrected chi connectivity index (χ3v) is 4.59. The maximum atomic E-state index is 12.0. The highest BCUT2D eigenvalue weighted by Crippen LogP contribution is 2.20. The number of carboxylic acid groups (broad SMARTS) is 1. The lowest BCUT2D eigenvalue weighted by molar-refractivity contribution is -0.165. The lowest BCUT2D eigenvalue weighted by Gasteiger charge is -2.24. The number of ether oxygens (including phenoxy) is 4. The zero-order valence-corrected chi connectivity index (χ0v) is 18.7. The number of nitrogens with one attached hydrogen (secondary N) is 1. The van der Waals surface area contributed by atoms with Crippen molar-refractivity contribution in [2.24, 2.45) is 0 Å². The van der Waals surface area contributed by atoms with E-state index in [9.17, 15) is 24.7 Å². The molecule has 1 aliphatic rings.